The highest BCUT2D eigenvalue weighted by Crippen LogP contribution is 2.16. The van der Waals surface area contributed by atoms with E-state index >= 15 is 0 Å². The van der Waals surface area contributed by atoms with Crippen molar-refractivity contribution in [1.29, 1.82) is 0 Å². The molecule has 0 aliphatic carbocycles. The summed E-state index contributed by atoms with van der Waals surface area (Å²) in [6.45, 7) is 6.54. The average molecular weight is 1070 g/mol. The molecule has 0 aliphatic heterocycles. The Hall–Kier alpha value is -3.41. The van der Waals surface area contributed by atoms with Crippen molar-refractivity contribution in [3.8, 4) is 0 Å². The number of allylic oxidation sites excluding steroid dienone is 14. The Morgan fingerprint density at radius 1 is 0.273 bits per heavy atom. The zero-order chi connectivity index (χ0) is 55.7. The lowest BCUT2D eigenvalue weighted by molar-refractivity contribution is -0.167. The van der Waals surface area contributed by atoms with E-state index in [4.69, 9.17) is 14.2 Å². The van der Waals surface area contributed by atoms with Crippen molar-refractivity contribution in [3.05, 3.63) is 85.1 Å². The molecule has 77 heavy (non-hydrogen) atoms. The number of hydrogen-bond donors (Lipinski definition) is 0. The monoisotopic (exact) mass is 1070 g/mol. The van der Waals surface area contributed by atoms with Gasteiger partial charge in [0.1, 0.15) is 13.2 Å². The second-order valence-corrected chi connectivity index (χ2v) is 22.0. The van der Waals surface area contributed by atoms with Crippen LogP contribution in [-0.2, 0) is 28.6 Å². The Labute approximate surface area is 477 Å². The van der Waals surface area contributed by atoms with Crippen LogP contribution >= 0.6 is 0 Å². The van der Waals surface area contributed by atoms with Crippen molar-refractivity contribution in [3.63, 3.8) is 0 Å². The lowest BCUT2D eigenvalue weighted by atomic mass is 10.1. The molecule has 0 heterocycles. The first-order valence-electron chi connectivity index (χ1n) is 33.1. The molecule has 0 aromatic heterocycles. The Kier molecular flexibility index (Phi) is 62.2. The molecule has 0 aliphatic rings. The Morgan fingerprint density at radius 2 is 0.506 bits per heavy atom. The summed E-state index contributed by atoms with van der Waals surface area (Å²) in [6.07, 6.45) is 85.8. The van der Waals surface area contributed by atoms with Crippen LogP contribution in [0, 0.1) is 0 Å². The number of hydrogen-bond acceptors (Lipinski definition) is 6. The first-order chi connectivity index (χ1) is 38.0. The maximum absolute atomic E-state index is 12.9. The van der Waals surface area contributed by atoms with E-state index in [0.717, 1.165) is 96.3 Å². The number of carbonyl (C=O) groups excluding carboxylic acids is 3. The summed E-state index contributed by atoms with van der Waals surface area (Å²) in [5, 5.41) is 0. The first kappa shape index (κ1) is 73.6. The van der Waals surface area contributed by atoms with Gasteiger partial charge in [0.25, 0.3) is 0 Å². The third-order valence-electron chi connectivity index (χ3n) is 14.4. The third kappa shape index (κ3) is 63.3. The summed E-state index contributed by atoms with van der Waals surface area (Å²) in [5.74, 6) is -0.884. The van der Waals surface area contributed by atoms with Crippen molar-refractivity contribution < 1.29 is 28.6 Å². The molecular formula is C71H124O6. The number of carbonyl (C=O) groups is 3. The Balaban J connectivity index is 4.39. The molecule has 1 atom stereocenters. The largest absolute Gasteiger partial charge is 0.462 e. The number of ether oxygens (including phenoxy) is 3. The van der Waals surface area contributed by atoms with Crippen LogP contribution in [-0.4, -0.2) is 37.2 Å². The van der Waals surface area contributed by atoms with E-state index in [0.29, 0.717) is 19.3 Å². The van der Waals surface area contributed by atoms with Crippen molar-refractivity contribution in [1.82, 2.24) is 0 Å². The van der Waals surface area contributed by atoms with Crippen molar-refractivity contribution in [2.24, 2.45) is 0 Å². The molecule has 0 N–H and O–H groups in total. The highest BCUT2D eigenvalue weighted by molar-refractivity contribution is 5.71. The maximum Gasteiger partial charge on any atom is 0.306 e. The molecule has 0 saturated heterocycles. The predicted octanol–water partition coefficient (Wildman–Crippen LogP) is 22.7. The van der Waals surface area contributed by atoms with E-state index in [1.165, 1.54) is 193 Å². The minimum absolute atomic E-state index is 0.0817. The van der Waals surface area contributed by atoms with Gasteiger partial charge in [-0.1, -0.05) is 279 Å². The van der Waals surface area contributed by atoms with Crippen LogP contribution in [0.3, 0.4) is 0 Å². The van der Waals surface area contributed by atoms with Gasteiger partial charge in [-0.3, -0.25) is 14.4 Å². The van der Waals surface area contributed by atoms with Crippen LogP contribution in [0.15, 0.2) is 85.1 Å². The standard InChI is InChI=1S/C71H124O6/c1-4-7-10-13-16-19-22-25-28-31-33-35-37-40-43-46-49-52-55-58-61-64-70(73)76-67-68(66-75-69(72)63-60-57-54-51-48-45-42-39-30-27-24-21-18-15-12-9-6-3)77-71(74)65-62-59-56-53-50-47-44-41-38-36-34-32-29-26-23-20-17-14-11-8-5-2/h7,10,16,19,23,25-28,30,32-35,68H,4-6,8-9,11-15,17-18,20-22,24,29,31,36-67H2,1-3H3/b10-7-,19-16-,26-23-,28-25-,30-27-,34-32-,35-33-. The van der Waals surface area contributed by atoms with Gasteiger partial charge in [0.15, 0.2) is 6.10 Å². The summed E-state index contributed by atoms with van der Waals surface area (Å²) in [6, 6.07) is 0. The molecule has 0 saturated carbocycles. The van der Waals surface area contributed by atoms with E-state index < -0.39 is 6.10 Å². The van der Waals surface area contributed by atoms with Crippen LogP contribution in [0.5, 0.6) is 0 Å². The fourth-order valence-corrected chi connectivity index (χ4v) is 9.40. The summed E-state index contributed by atoms with van der Waals surface area (Å²) < 4.78 is 17.0. The quantitative estimate of drug-likeness (QED) is 0.0261. The van der Waals surface area contributed by atoms with Gasteiger partial charge in [0, 0.05) is 19.3 Å². The molecule has 0 fully saturated rings. The smallest absolute Gasteiger partial charge is 0.306 e. The molecule has 444 valence electrons. The Bertz CT molecular complexity index is 1470. The van der Waals surface area contributed by atoms with Crippen molar-refractivity contribution in [2.45, 2.75) is 335 Å². The van der Waals surface area contributed by atoms with E-state index in [-0.39, 0.29) is 31.1 Å². The molecule has 0 aromatic rings. The van der Waals surface area contributed by atoms with Crippen molar-refractivity contribution >= 4 is 17.9 Å². The minimum Gasteiger partial charge on any atom is -0.462 e. The van der Waals surface area contributed by atoms with E-state index in [1.807, 2.05) is 0 Å². The lowest BCUT2D eigenvalue weighted by Crippen LogP contribution is -2.30. The van der Waals surface area contributed by atoms with Crippen LogP contribution in [0.2, 0.25) is 0 Å². The van der Waals surface area contributed by atoms with Crippen LogP contribution in [0.1, 0.15) is 329 Å². The molecule has 0 aromatic carbocycles. The van der Waals surface area contributed by atoms with Gasteiger partial charge in [-0.15, -0.1) is 0 Å². The second kappa shape index (κ2) is 65.1. The van der Waals surface area contributed by atoms with Gasteiger partial charge in [0.05, 0.1) is 0 Å². The first-order valence-corrected chi connectivity index (χ1v) is 33.1. The highest BCUT2D eigenvalue weighted by Gasteiger charge is 2.19. The lowest BCUT2D eigenvalue weighted by Gasteiger charge is -2.18. The zero-order valence-corrected chi connectivity index (χ0v) is 51.0. The molecule has 0 rings (SSSR count). The summed E-state index contributed by atoms with van der Waals surface area (Å²) in [4.78, 5) is 38.4. The summed E-state index contributed by atoms with van der Waals surface area (Å²) in [5.41, 5.74) is 0. The average Bonchev–Trinajstić information content (AvgIpc) is 3.43. The van der Waals surface area contributed by atoms with Crippen molar-refractivity contribution in [2.75, 3.05) is 13.2 Å². The topological polar surface area (TPSA) is 78.9 Å². The highest BCUT2D eigenvalue weighted by atomic mass is 16.6. The fourth-order valence-electron chi connectivity index (χ4n) is 9.40. The molecule has 6 nitrogen and oxygen atoms in total. The molecule has 0 radical (unpaired) electrons. The fraction of sp³-hybridized carbons (Fsp3) is 0.761. The SMILES string of the molecule is CC/C=C\C/C=C\C/C=C\C/C=C\CCCCCCCCCCC(=O)OCC(COC(=O)CCCCCCCCC/C=C\CCCCCCCC)OC(=O)CCCCCCCCCCC/C=C\C/C=C\CCCCCCC. The molecule has 0 amide bonds. The van der Waals surface area contributed by atoms with Gasteiger partial charge < -0.3 is 14.2 Å². The maximum atomic E-state index is 12.9. The van der Waals surface area contributed by atoms with Gasteiger partial charge >= 0.3 is 17.9 Å². The zero-order valence-electron chi connectivity index (χ0n) is 51.0. The van der Waals surface area contributed by atoms with Gasteiger partial charge in [-0.25, -0.2) is 0 Å². The van der Waals surface area contributed by atoms with Crippen LogP contribution in [0.25, 0.3) is 0 Å². The van der Waals surface area contributed by atoms with Gasteiger partial charge in [0.2, 0.25) is 0 Å². The number of rotatable bonds is 60. The van der Waals surface area contributed by atoms with Crippen LogP contribution in [0.4, 0.5) is 0 Å². The Morgan fingerprint density at radius 3 is 0.805 bits per heavy atom. The second-order valence-electron chi connectivity index (χ2n) is 22.0. The van der Waals surface area contributed by atoms with E-state index in [1.54, 1.807) is 0 Å². The molecule has 6 heteroatoms. The van der Waals surface area contributed by atoms with E-state index in [9.17, 15) is 14.4 Å². The minimum atomic E-state index is -0.786. The van der Waals surface area contributed by atoms with E-state index in [2.05, 4.69) is 106 Å². The summed E-state index contributed by atoms with van der Waals surface area (Å²) >= 11 is 0. The number of unbranched alkanes of at least 4 members (excludes halogenated alkanes) is 35. The normalized spacial score (nSPS) is 12.6. The summed E-state index contributed by atoms with van der Waals surface area (Å²) in [7, 11) is 0. The molecular weight excluding hydrogens is 949 g/mol. The predicted molar refractivity (Wildman–Crippen MR) is 334 cm³/mol. The van der Waals surface area contributed by atoms with Gasteiger partial charge in [-0.2, -0.15) is 0 Å². The third-order valence-corrected chi connectivity index (χ3v) is 14.4. The van der Waals surface area contributed by atoms with Crippen LogP contribution < -0.4 is 0 Å². The molecule has 0 spiro atoms. The number of esters is 3. The molecule has 1 unspecified atom stereocenters. The van der Waals surface area contributed by atoms with Gasteiger partial charge in [-0.05, 0) is 116 Å². The molecule has 0 bridgehead atoms.